The molecule has 1 N–H and O–H groups in total. The number of anilines is 1. The van der Waals surface area contributed by atoms with Gasteiger partial charge in [0.25, 0.3) is 0 Å². The number of aliphatic imine (C=N–C) groups is 1. The standard InChI is InChI=1S/C22H21N3O4/c1-3-4-11-29-21-18(25(26)27)12-15(13-19(21)28-2)22-23-16-9-5-7-14-8-6-10-17(24-22)20(14)16/h5-10,12-13H,3-4,11H2,1-2H3,(H,23,24). The SMILES string of the molecule is CCCCOc1c(OC)cc(C2=Nc3cccc4cccc(c34)N2)cc1[N+](=O)[O-]. The third-order valence-electron chi connectivity index (χ3n) is 4.84. The maximum absolute atomic E-state index is 11.7. The van der Waals surface area contributed by atoms with Gasteiger partial charge in [-0.3, -0.25) is 10.1 Å². The molecule has 0 saturated carbocycles. The van der Waals surface area contributed by atoms with E-state index in [4.69, 9.17) is 14.5 Å². The van der Waals surface area contributed by atoms with E-state index in [1.807, 2.05) is 43.3 Å². The van der Waals surface area contributed by atoms with Crippen LogP contribution in [0, 0.1) is 10.1 Å². The highest BCUT2D eigenvalue weighted by molar-refractivity contribution is 6.19. The lowest BCUT2D eigenvalue weighted by Crippen LogP contribution is -2.17. The number of unbranched alkanes of at least 4 members (excludes halogenated alkanes) is 1. The van der Waals surface area contributed by atoms with Crippen LogP contribution in [0.5, 0.6) is 11.5 Å². The molecule has 0 bridgehead atoms. The number of nitrogens with one attached hydrogen (secondary N) is 1. The van der Waals surface area contributed by atoms with Crippen molar-refractivity contribution in [3.05, 3.63) is 64.2 Å². The Morgan fingerprint density at radius 3 is 2.69 bits per heavy atom. The predicted octanol–water partition coefficient (Wildman–Crippen LogP) is 5.44. The molecule has 3 aromatic carbocycles. The van der Waals surface area contributed by atoms with E-state index >= 15 is 0 Å². The summed E-state index contributed by atoms with van der Waals surface area (Å²) in [6.07, 6.45) is 1.73. The fraction of sp³-hybridized carbons (Fsp3) is 0.227. The second-order valence-electron chi connectivity index (χ2n) is 6.75. The second-order valence-corrected chi connectivity index (χ2v) is 6.75. The molecule has 0 radical (unpaired) electrons. The molecule has 29 heavy (non-hydrogen) atoms. The van der Waals surface area contributed by atoms with Gasteiger partial charge in [0.05, 0.1) is 24.3 Å². The predicted molar refractivity (Wildman–Crippen MR) is 114 cm³/mol. The Morgan fingerprint density at radius 1 is 1.17 bits per heavy atom. The minimum atomic E-state index is -0.453. The molecule has 0 unspecified atom stereocenters. The van der Waals surface area contributed by atoms with E-state index in [9.17, 15) is 10.1 Å². The highest BCUT2D eigenvalue weighted by Gasteiger charge is 2.25. The number of methoxy groups -OCH3 is 1. The monoisotopic (exact) mass is 391 g/mol. The van der Waals surface area contributed by atoms with Gasteiger partial charge in [0, 0.05) is 22.7 Å². The van der Waals surface area contributed by atoms with E-state index in [1.54, 1.807) is 6.07 Å². The van der Waals surface area contributed by atoms with Crippen molar-refractivity contribution in [3.8, 4) is 11.5 Å². The van der Waals surface area contributed by atoms with Crippen LogP contribution in [0.4, 0.5) is 17.1 Å². The maximum atomic E-state index is 11.7. The lowest BCUT2D eigenvalue weighted by atomic mass is 10.0. The molecule has 0 atom stereocenters. The summed E-state index contributed by atoms with van der Waals surface area (Å²) >= 11 is 0. The van der Waals surface area contributed by atoms with Crippen molar-refractivity contribution >= 4 is 33.7 Å². The van der Waals surface area contributed by atoms with Crippen molar-refractivity contribution in [1.29, 1.82) is 0 Å². The third-order valence-corrected chi connectivity index (χ3v) is 4.84. The summed E-state index contributed by atoms with van der Waals surface area (Å²) in [7, 11) is 1.47. The number of nitro groups is 1. The quantitative estimate of drug-likeness (QED) is 0.329. The molecule has 0 amide bonds. The molecule has 0 saturated heterocycles. The summed E-state index contributed by atoms with van der Waals surface area (Å²) in [5, 5.41) is 17.1. The molecular formula is C22H21N3O4. The highest BCUT2D eigenvalue weighted by Crippen LogP contribution is 2.41. The smallest absolute Gasteiger partial charge is 0.315 e. The van der Waals surface area contributed by atoms with Crippen LogP contribution in [0.15, 0.2) is 53.5 Å². The number of nitro benzene ring substituents is 1. The number of ether oxygens (including phenoxy) is 2. The zero-order chi connectivity index (χ0) is 20.4. The zero-order valence-corrected chi connectivity index (χ0v) is 16.3. The molecule has 1 aliphatic rings. The van der Waals surface area contributed by atoms with Crippen molar-refractivity contribution in [2.24, 2.45) is 4.99 Å². The van der Waals surface area contributed by atoms with E-state index in [1.165, 1.54) is 13.2 Å². The normalized spacial score (nSPS) is 12.3. The molecule has 0 spiro atoms. The third kappa shape index (κ3) is 3.47. The number of amidine groups is 1. The van der Waals surface area contributed by atoms with Gasteiger partial charge < -0.3 is 14.8 Å². The molecule has 7 nitrogen and oxygen atoms in total. The Morgan fingerprint density at radius 2 is 1.97 bits per heavy atom. The molecule has 1 heterocycles. The number of benzene rings is 3. The molecule has 7 heteroatoms. The van der Waals surface area contributed by atoms with Gasteiger partial charge in [-0.05, 0) is 30.0 Å². The highest BCUT2D eigenvalue weighted by atomic mass is 16.6. The first-order valence-electron chi connectivity index (χ1n) is 9.49. The van der Waals surface area contributed by atoms with Crippen molar-refractivity contribution in [2.45, 2.75) is 19.8 Å². The Labute approximate surface area is 168 Å². The molecule has 0 aliphatic carbocycles. The van der Waals surface area contributed by atoms with E-state index in [0.29, 0.717) is 23.8 Å². The van der Waals surface area contributed by atoms with Crippen LogP contribution in [0.2, 0.25) is 0 Å². The van der Waals surface area contributed by atoms with E-state index < -0.39 is 4.92 Å². The van der Waals surface area contributed by atoms with Gasteiger partial charge in [-0.15, -0.1) is 0 Å². The van der Waals surface area contributed by atoms with Crippen LogP contribution < -0.4 is 14.8 Å². The van der Waals surface area contributed by atoms with E-state index in [-0.39, 0.29) is 11.4 Å². The number of rotatable bonds is 7. The van der Waals surface area contributed by atoms with E-state index in [2.05, 4.69) is 5.32 Å². The van der Waals surface area contributed by atoms with Crippen LogP contribution in [0.25, 0.3) is 10.8 Å². The minimum Gasteiger partial charge on any atom is -0.493 e. The van der Waals surface area contributed by atoms with Crippen LogP contribution in [0.3, 0.4) is 0 Å². The molecule has 148 valence electrons. The number of hydrogen-bond donors (Lipinski definition) is 1. The van der Waals surface area contributed by atoms with Crippen LogP contribution in [-0.4, -0.2) is 24.5 Å². The van der Waals surface area contributed by atoms with Crippen LogP contribution >= 0.6 is 0 Å². The number of hydrogen-bond acceptors (Lipinski definition) is 6. The topological polar surface area (TPSA) is 86.0 Å². The van der Waals surface area contributed by atoms with Crippen molar-refractivity contribution in [3.63, 3.8) is 0 Å². The van der Waals surface area contributed by atoms with Crippen molar-refractivity contribution < 1.29 is 14.4 Å². The summed E-state index contributed by atoms with van der Waals surface area (Å²) in [4.78, 5) is 16.0. The van der Waals surface area contributed by atoms with Gasteiger partial charge >= 0.3 is 5.69 Å². The minimum absolute atomic E-state index is 0.142. The van der Waals surface area contributed by atoms with Gasteiger partial charge in [0.2, 0.25) is 5.75 Å². The first-order valence-corrected chi connectivity index (χ1v) is 9.49. The van der Waals surface area contributed by atoms with Crippen molar-refractivity contribution in [2.75, 3.05) is 19.0 Å². The summed E-state index contributed by atoms with van der Waals surface area (Å²) in [6, 6.07) is 15.1. The second kappa shape index (κ2) is 7.79. The fourth-order valence-corrected chi connectivity index (χ4v) is 3.41. The Hall–Kier alpha value is -3.61. The van der Waals surface area contributed by atoms with E-state index in [0.717, 1.165) is 35.0 Å². The summed E-state index contributed by atoms with van der Waals surface area (Å²) < 4.78 is 11.1. The van der Waals surface area contributed by atoms with Gasteiger partial charge in [-0.25, -0.2) is 4.99 Å². The Bertz CT molecular complexity index is 1120. The van der Waals surface area contributed by atoms with Crippen molar-refractivity contribution in [1.82, 2.24) is 0 Å². The summed E-state index contributed by atoms with van der Waals surface area (Å²) in [5.41, 5.74) is 2.14. The van der Waals surface area contributed by atoms with Gasteiger partial charge in [-0.1, -0.05) is 37.6 Å². The summed E-state index contributed by atoms with van der Waals surface area (Å²) in [6.45, 7) is 2.42. The number of nitrogens with zero attached hydrogens (tertiary/aromatic N) is 2. The fourth-order valence-electron chi connectivity index (χ4n) is 3.41. The van der Waals surface area contributed by atoms with Crippen LogP contribution in [-0.2, 0) is 0 Å². The lowest BCUT2D eigenvalue weighted by Gasteiger charge is -2.20. The first-order chi connectivity index (χ1) is 14.1. The molecule has 3 aromatic rings. The largest absolute Gasteiger partial charge is 0.493 e. The van der Waals surface area contributed by atoms with Gasteiger partial charge in [0.1, 0.15) is 5.84 Å². The average Bonchev–Trinajstić information content (AvgIpc) is 2.74. The molecule has 0 fully saturated rings. The summed E-state index contributed by atoms with van der Waals surface area (Å²) in [5.74, 6) is 0.984. The zero-order valence-electron chi connectivity index (χ0n) is 16.3. The lowest BCUT2D eigenvalue weighted by molar-refractivity contribution is -0.386. The Balaban J connectivity index is 1.81. The maximum Gasteiger partial charge on any atom is 0.315 e. The average molecular weight is 391 g/mol. The molecular weight excluding hydrogens is 370 g/mol. The molecule has 1 aliphatic heterocycles. The Kier molecular flexibility index (Phi) is 5.03. The van der Waals surface area contributed by atoms with Gasteiger partial charge in [-0.2, -0.15) is 0 Å². The first kappa shape index (κ1) is 18.7. The molecule has 4 rings (SSSR count). The van der Waals surface area contributed by atoms with Gasteiger partial charge in [0.15, 0.2) is 5.75 Å². The molecule has 0 aromatic heterocycles. The van der Waals surface area contributed by atoms with Crippen LogP contribution in [0.1, 0.15) is 25.3 Å².